The highest BCUT2D eigenvalue weighted by Crippen LogP contribution is 2.37. The van der Waals surface area contributed by atoms with Gasteiger partial charge < -0.3 is 18.6 Å². The number of benzene rings is 6. The van der Waals surface area contributed by atoms with Gasteiger partial charge in [0.15, 0.2) is 11.6 Å². The molecular formula is C46H34N2O10S2+2. The SMILES string of the molecule is [CH2+]OS(=O)(=O)c1cc(C(=O)c2ccc(Oc3cccc4c3ccn4-c3ccc(C(=O)c4ccc(Oc5cccc6c5ccn6C)cc4)cc3)c(S(=O)(=O)O[CH2+])c2)ccc1C. The molecule has 298 valence electrons. The molecule has 0 spiro atoms. The third-order valence-corrected chi connectivity index (χ3v) is 12.5. The fourth-order valence-corrected chi connectivity index (χ4v) is 8.52. The van der Waals surface area contributed by atoms with E-state index in [0.29, 0.717) is 39.1 Å². The normalized spacial score (nSPS) is 11.8. The largest absolute Gasteiger partial charge is 0.457 e. The first kappa shape index (κ1) is 39.7. The van der Waals surface area contributed by atoms with Crippen LogP contribution in [0.25, 0.3) is 27.5 Å². The van der Waals surface area contributed by atoms with Crippen LogP contribution in [0.2, 0.25) is 0 Å². The number of ether oxygens (including phenoxy) is 2. The minimum Gasteiger partial charge on any atom is -0.457 e. The summed E-state index contributed by atoms with van der Waals surface area (Å²) in [4.78, 5) is 26.3. The van der Waals surface area contributed by atoms with Gasteiger partial charge in [0.2, 0.25) is 14.2 Å². The molecule has 0 atom stereocenters. The van der Waals surface area contributed by atoms with Gasteiger partial charge in [-0.15, -0.1) is 0 Å². The van der Waals surface area contributed by atoms with Gasteiger partial charge in [-0.1, -0.05) is 32.6 Å². The van der Waals surface area contributed by atoms with Crippen LogP contribution >= 0.6 is 0 Å². The van der Waals surface area contributed by atoms with E-state index >= 15 is 0 Å². The highest BCUT2D eigenvalue weighted by atomic mass is 32.2. The summed E-state index contributed by atoms with van der Waals surface area (Å²) >= 11 is 0. The van der Waals surface area contributed by atoms with Gasteiger partial charge in [0.25, 0.3) is 0 Å². The Bertz CT molecular complexity index is 3200. The Balaban J connectivity index is 1.02. The predicted molar refractivity (Wildman–Crippen MR) is 225 cm³/mol. The third kappa shape index (κ3) is 7.40. The molecule has 0 aliphatic carbocycles. The Morgan fingerprint density at radius 3 is 1.72 bits per heavy atom. The molecule has 0 bridgehead atoms. The molecule has 12 nitrogen and oxygen atoms in total. The second-order valence-electron chi connectivity index (χ2n) is 13.7. The Morgan fingerprint density at radius 1 is 0.533 bits per heavy atom. The van der Waals surface area contributed by atoms with Crippen LogP contribution in [-0.2, 0) is 35.7 Å². The maximum atomic E-state index is 13.5. The van der Waals surface area contributed by atoms with Crippen molar-refractivity contribution in [1.82, 2.24) is 9.13 Å². The van der Waals surface area contributed by atoms with E-state index in [0.717, 1.165) is 34.5 Å². The van der Waals surface area contributed by atoms with Crippen LogP contribution in [0.15, 0.2) is 156 Å². The molecular weight excluding hydrogens is 805 g/mol. The van der Waals surface area contributed by atoms with Crippen molar-refractivity contribution < 1.29 is 44.3 Å². The standard InChI is InChI=1S/C46H34N2O10S2/c1-29-11-12-32(27-43(29)59(51,52)55-3)46(50)33-17-22-42(44(28-33)60(53,54)56-4)58-41-10-6-8-39-37(41)24-26-48(39)34-18-13-30(14-19-34)45(49)31-15-20-35(21-16-31)57-40-9-5-7-38-36(40)23-25-47(38)2/h5-28H,3-4H2,1-2H3/q+2. The van der Waals surface area contributed by atoms with E-state index in [9.17, 15) is 26.4 Å². The number of hydrogen-bond acceptors (Lipinski definition) is 10. The summed E-state index contributed by atoms with van der Waals surface area (Å²) in [6, 6.07) is 36.8. The van der Waals surface area contributed by atoms with Gasteiger partial charge in [-0.05, 0) is 122 Å². The van der Waals surface area contributed by atoms with Gasteiger partial charge >= 0.3 is 20.2 Å². The molecule has 0 saturated carbocycles. The molecule has 0 radical (unpaired) electrons. The summed E-state index contributed by atoms with van der Waals surface area (Å²) in [6.07, 6.45) is 3.79. The lowest BCUT2D eigenvalue weighted by atomic mass is 10.0. The zero-order chi connectivity index (χ0) is 42.3. The molecule has 2 aromatic heterocycles. The molecule has 0 N–H and O–H groups in total. The number of ketones is 2. The van der Waals surface area contributed by atoms with E-state index in [2.05, 4.69) is 22.6 Å². The quantitative estimate of drug-likeness (QED) is 0.0624. The summed E-state index contributed by atoms with van der Waals surface area (Å²) in [5.74, 6) is 0.653. The fraction of sp³-hybridized carbons (Fsp3) is 0.0435. The van der Waals surface area contributed by atoms with Gasteiger partial charge in [0.05, 0.1) is 11.0 Å². The monoisotopic (exact) mass is 838 g/mol. The van der Waals surface area contributed by atoms with Gasteiger partial charge in [-0.3, -0.25) is 9.59 Å². The van der Waals surface area contributed by atoms with Crippen molar-refractivity contribution in [1.29, 1.82) is 0 Å². The van der Waals surface area contributed by atoms with Crippen molar-refractivity contribution in [2.24, 2.45) is 7.05 Å². The summed E-state index contributed by atoms with van der Waals surface area (Å²) in [5, 5.41) is 1.62. The van der Waals surface area contributed by atoms with Gasteiger partial charge in [-0.2, -0.15) is 16.8 Å². The highest BCUT2D eigenvalue weighted by molar-refractivity contribution is 7.87. The van der Waals surface area contributed by atoms with Crippen molar-refractivity contribution in [3.8, 4) is 28.7 Å². The van der Waals surface area contributed by atoms with Gasteiger partial charge in [0, 0.05) is 58.2 Å². The average Bonchev–Trinajstić information content (AvgIpc) is 3.88. The van der Waals surface area contributed by atoms with Crippen LogP contribution in [0.3, 0.4) is 0 Å². The zero-order valence-corrected chi connectivity index (χ0v) is 33.7. The summed E-state index contributed by atoms with van der Waals surface area (Å²) in [7, 11) is -0.729. The number of fused-ring (bicyclic) bond motifs is 2. The minimum absolute atomic E-state index is 0.0374. The van der Waals surface area contributed by atoms with Gasteiger partial charge in [-0.25, -0.2) is 0 Å². The van der Waals surface area contributed by atoms with Crippen LogP contribution in [0.5, 0.6) is 23.0 Å². The summed E-state index contributed by atoms with van der Waals surface area (Å²) < 4.78 is 76.2. The van der Waals surface area contributed by atoms with Crippen molar-refractivity contribution >= 4 is 53.6 Å². The summed E-state index contributed by atoms with van der Waals surface area (Å²) in [5.41, 5.74) is 3.71. The van der Waals surface area contributed by atoms with Crippen molar-refractivity contribution in [3.05, 3.63) is 188 Å². The van der Waals surface area contributed by atoms with Crippen molar-refractivity contribution in [2.45, 2.75) is 16.7 Å². The maximum absolute atomic E-state index is 13.5. The first-order valence-electron chi connectivity index (χ1n) is 18.2. The molecule has 0 aliphatic heterocycles. The average molecular weight is 839 g/mol. The van der Waals surface area contributed by atoms with Crippen LogP contribution < -0.4 is 9.47 Å². The van der Waals surface area contributed by atoms with Crippen molar-refractivity contribution in [3.63, 3.8) is 0 Å². The second-order valence-corrected chi connectivity index (χ2v) is 16.9. The van der Waals surface area contributed by atoms with E-state index in [1.807, 2.05) is 71.0 Å². The Morgan fingerprint density at radius 2 is 1.05 bits per heavy atom. The first-order chi connectivity index (χ1) is 28.8. The van der Waals surface area contributed by atoms with E-state index in [4.69, 9.17) is 9.47 Å². The predicted octanol–water partition coefficient (Wildman–Crippen LogP) is 9.47. The van der Waals surface area contributed by atoms with E-state index in [1.165, 1.54) is 31.2 Å². The lowest BCUT2D eigenvalue weighted by molar-refractivity contribution is 0.103. The van der Waals surface area contributed by atoms with E-state index in [-0.39, 0.29) is 27.6 Å². The lowest BCUT2D eigenvalue weighted by Gasteiger charge is -2.13. The number of hydrogen-bond donors (Lipinski definition) is 0. The van der Waals surface area contributed by atoms with Crippen LogP contribution in [0.1, 0.15) is 37.4 Å². The molecule has 0 aliphatic rings. The number of aromatic nitrogens is 2. The molecule has 0 fully saturated rings. The summed E-state index contributed by atoms with van der Waals surface area (Å²) in [6.45, 7) is 1.53. The topological polar surface area (TPSA) is 149 Å². The number of carbonyl (C=O) groups excluding carboxylic acids is 2. The fourth-order valence-electron chi connectivity index (χ4n) is 6.91. The van der Waals surface area contributed by atoms with Crippen LogP contribution in [0, 0.1) is 21.1 Å². The van der Waals surface area contributed by atoms with E-state index in [1.54, 1.807) is 54.6 Å². The second kappa shape index (κ2) is 15.6. The number of carbonyl (C=O) groups is 2. The Kier molecular flexibility index (Phi) is 10.3. The van der Waals surface area contributed by atoms with Gasteiger partial charge in [0.1, 0.15) is 32.8 Å². The lowest BCUT2D eigenvalue weighted by Crippen LogP contribution is -2.10. The van der Waals surface area contributed by atoms with Crippen LogP contribution in [-0.4, -0.2) is 37.5 Å². The smallest absolute Gasteiger partial charge is 0.338 e. The molecule has 8 rings (SSSR count). The minimum atomic E-state index is -4.53. The molecule has 2 heterocycles. The number of aryl methyl sites for hydroxylation is 2. The molecule has 6 aromatic carbocycles. The van der Waals surface area contributed by atoms with Crippen LogP contribution in [0.4, 0.5) is 0 Å². The molecule has 60 heavy (non-hydrogen) atoms. The number of nitrogens with zero attached hydrogens (tertiary/aromatic N) is 2. The molecule has 0 amide bonds. The molecule has 14 heteroatoms. The highest BCUT2D eigenvalue weighted by Gasteiger charge is 2.27. The van der Waals surface area contributed by atoms with E-state index < -0.39 is 30.9 Å². The third-order valence-electron chi connectivity index (χ3n) is 10.1. The maximum Gasteiger partial charge on any atom is 0.338 e. The molecule has 0 saturated heterocycles. The molecule has 8 aromatic rings. The Labute approximate surface area is 346 Å². The number of rotatable bonds is 13. The first-order valence-corrected chi connectivity index (χ1v) is 21.0. The zero-order valence-electron chi connectivity index (χ0n) is 32.1. The Hall–Kier alpha value is -7.10. The molecule has 0 unspecified atom stereocenters. The van der Waals surface area contributed by atoms with Crippen molar-refractivity contribution in [2.75, 3.05) is 0 Å².